The number of benzene rings is 3. The average Bonchev–Trinajstić information content (AvgIpc) is 2.81. The topological polar surface area (TPSA) is 50.5 Å². The number of ether oxygens (including phenoxy) is 1. The molecule has 0 saturated carbocycles. The predicted molar refractivity (Wildman–Crippen MR) is 119 cm³/mol. The van der Waals surface area contributed by atoms with Crippen molar-refractivity contribution in [1.82, 2.24) is 0 Å². The zero-order chi connectivity index (χ0) is 21.6. The van der Waals surface area contributed by atoms with E-state index in [0.717, 1.165) is 22.0 Å². The molecule has 1 heterocycles. The van der Waals surface area contributed by atoms with Crippen molar-refractivity contribution in [3.63, 3.8) is 0 Å². The fourth-order valence-corrected chi connectivity index (χ4v) is 3.40. The monoisotopic (exact) mass is 446 g/mol. The van der Waals surface area contributed by atoms with E-state index in [1.54, 1.807) is 34.0 Å². The zero-order valence-electron chi connectivity index (χ0n) is 17.6. The van der Waals surface area contributed by atoms with E-state index in [-0.39, 0.29) is 31.0 Å². The molecule has 0 N–H and O–H groups in total. The standard InChI is InChI=1S/C26H23N2O3.ClH/c1-20(29)31-19-27-15-13-23(14-16-27)26(30)28(18-21-7-3-2-4-8-21)25-12-11-22-9-5-6-10-24(22)17-25;/h2-17H,18-19H2,1H3;1H/q+1;/p-1. The molecule has 3 aromatic carbocycles. The molecule has 0 spiro atoms. The zero-order valence-corrected chi connectivity index (χ0v) is 18.4. The number of halogens is 1. The summed E-state index contributed by atoms with van der Waals surface area (Å²) >= 11 is 0. The number of carbonyl (C=O) groups is 2. The summed E-state index contributed by atoms with van der Waals surface area (Å²) in [6.45, 7) is 1.94. The number of hydrogen-bond donors (Lipinski definition) is 0. The Balaban J connectivity index is 0.00000289. The van der Waals surface area contributed by atoms with Crippen LogP contribution in [0.3, 0.4) is 0 Å². The molecule has 0 unspecified atom stereocenters. The third-order valence-electron chi connectivity index (χ3n) is 5.03. The van der Waals surface area contributed by atoms with Crippen LogP contribution in [0, 0.1) is 0 Å². The SMILES string of the molecule is CC(=O)OC[n+]1ccc(C(=O)N(Cc2ccccc2)c2ccc3ccccc3c2)cc1.[Cl-]. The maximum Gasteiger partial charge on any atom is 0.307 e. The van der Waals surface area contributed by atoms with Crippen molar-refractivity contribution in [2.24, 2.45) is 0 Å². The lowest BCUT2D eigenvalue weighted by Crippen LogP contribution is -3.00. The molecule has 162 valence electrons. The fourth-order valence-electron chi connectivity index (χ4n) is 3.40. The third-order valence-corrected chi connectivity index (χ3v) is 5.03. The van der Waals surface area contributed by atoms with Gasteiger partial charge in [0.25, 0.3) is 12.6 Å². The second-order valence-corrected chi connectivity index (χ2v) is 7.27. The van der Waals surface area contributed by atoms with E-state index in [0.29, 0.717) is 12.1 Å². The molecule has 0 bridgehead atoms. The third kappa shape index (κ3) is 5.50. The molecule has 0 aliphatic carbocycles. The Morgan fingerprint density at radius 3 is 2.19 bits per heavy atom. The van der Waals surface area contributed by atoms with Crippen LogP contribution in [0.15, 0.2) is 97.3 Å². The number of anilines is 1. The minimum Gasteiger partial charge on any atom is -1.00 e. The van der Waals surface area contributed by atoms with Gasteiger partial charge in [-0.2, -0.15) is 4.57 Å². The van der Waals surface area contributed by atoms with Gasteiger partial charge in [-0.3, -0.25) is 9.59 Å². The lowest BCUT2D eigenvalue weighted by molar-refractivity contribution is -0.727. The summed E-state index contributed by atoms with van der Waals surface area (Å²) in [4.78, 5) is 26.3. The first-order chi connectivity index (χ1) is 15.1. The molecule has 6 heteroatoms. The number of aromatic nitrogens is 1. The lowest BCUT2D eigenvalue weighted by atomic mass is 10.1. The van der Waals surface area contributed by atoms with Crippen LogP contribution in [0.25, 0.3) is 10.8 Å². The highest BCUT2D eigenvalue weighted by Gasteiger charge is 2.20. The maximum absolute atomic E-state index is 13.5. The molecule has 32 heavy (non-hydrogen) atoms. The van der Waals surface area contributed by atoms with E-state index >= 15 is 0 Å². The van der Waals surface area contributed by atoms with Crippen LogP contribution < -0.4 is 21.9 Å². The minimum absolute atomic E-state index is 0. The molecule has 4 aromatic rings. The molecule has 0 radical (unpaired) electrons. The van der Waals surface area contributed by atoms with Crippen LogP contribution in [0.4, 0.5) is 5.69 Å². The predicted octanol–water partition coefficient (Wildman–Crippen LogP) is 1.50. The van der Waals surface area contributed by atoms with Crippen LogP contribution in [0.2, 0.25) is 0 Å². The Kier molecular flexibility index (Phi) is 7.58. The minimum atomic E-state index is -0.349. The largest absolute Gasteiger partial charge is 1.00 e. The number of carbonyl (C=O) groups excluding carboxylic acids is 2. The van der Waals surface area contributed by atoms with E-state index < -0.39 is 0 Å². The summed E-state index contributed by atoms with van der Waals surface area (Å²) in [6.07, 6.45) is 3.47. The maximum atomic E-state index is 13.5. The Morgan fingerprint density at radius 1 is 0.844 bits per heavy atom. The van der Waals surface area contributed by atoms with E-state index in [4.69, 9.17) is 4.74 Å². The summed E-state index contributed by atoms with van der Waals surface area (Å²) in [5.74, 6) is -0.447. The molecule has 0 aliphatic rings. The van der Waals surface area contributed by atoms with Gasteiger partial charge in [-0.25, -0.2) is 0 Å². The van der Waals surface area contributed by atoms with Crippen molar-refractivity contribution in [3.05, 3.63) is 108 Å². The number of fused-ring (bicyclic) bond motifs is 1. The van der Waals surface area contributed by atoms with Crippen LogP contribution in [-0.2, 0) is 22.8 Å². The smallest absolute Gasteiger partial charge is 0.307 e. The highest BCUT2D eigenvalue weighted by molar-refractivity contribution is 6.06. The Hall–Kier alpha value is -3.70. The molecule has 1 aromatic heterocycles. The van der Waals surface area contributed by atoms with E-state index in [1.165, 1.54) is 6.92 Å². The number of hydrogen-bond acceptors (Lipinski definition) is 3. The van der Waals surface area contributed by atoms with E-state index in [9.17, 15) is 9.59 Å². The molecule has 1 amide bonds. The molecule has 5 nitrogen and oxygen atoms in total. The van der Waals surface area contributed by atoms with Gasteiger partial charge in [0.15, 0.2) is 12.4 Å². The Morgan fingerprint density at radius 2 is 1.50 bits per heavy atom. The molecule has 0 aliphatic heterocycles. The molecular weight excluding hydrogens is 424 g/mol. The molecule has 0 saturated heterocycles. The normalized spacial score (nSPS) is 10.3. The summed E-state index contributed by atoms with van der Waals surface area (Å²) in [5.41, 5.74) is 2.44. The second kappa shape index (κ2) is 10.6. The Bertz CT molecular complexity index is 1210. The van der Waals surface area contributed by atoms with Crippen molar-refractivity contribution in [2.75, 3.05) is 4.90 Å². The van der Waals surface area contributed by atoms with Gasteiger partial charge in [0.1, 0.15) is 0 Å². The van der Waals surface area contributed by atoms with Crippen molar-refractivity contribution >= 4 is 28.3 Å². The van der Waals surface area contributed by atoms with Gasteiger partial charge in [-0.05, 0) is 28.5 Å². The highest BCUT2D eigenvalue weighted by atomic mass is 35.5. The first-order valence-corrected chi connectivity index (χ1v) is 10.1. The van der Waals surface area contributed by atoms with Crippen LogP contribution in [-0.4, -0.2) is 11.9 Å². The summed E-state index contributed by atoms with van der Waals surface area (Å²) < 4.78 is 6.70. The summed E-state index contributed by atoms with van der Waals surface area (Å²) in [7, 11) is 0. The van der Waals surface area contributed by atoms with Crippen molar-refractivity contribution in [3.8, 4) is 0 Å². The van der Waals surface area contributed by atoms with Gasteiger partial charge in [-0.15, -0.1) is 0 Å². The molecule has 0 atom stereocenters. The quantitative estimate of drug-likeness (QED) is 0.333. The van der Waals surface area contributed by atoms with Crippen molar-refractivity contribution < 1.29 is 31.3 Å². The van der Waals surface area contributed by atoms with Gasteiger partial charge in [-0.1, -0.05) is 60.7 Å². The first-order valence-electron chi connectivity index (χ1n) is 10.1. The van der Waals surface area contributed by atoms with E-state index in [1.807, 2.05) is 66.7 Å². The summed E-state index contributed by atoms with van der Waals surface area (Å²) in [5, 5.41) is 2.21. The van der Waals surface area contributed by atoms with Crippen LogP contribution in [0.5, 0.6) is 0 Å². The van der Waals surface area contributed by atoms with E-state index in [2.05, 4.69) is 6.07 Å². The van der Waals surface area contributed by atoms with Crippen molar-refractivity contribution in [2.45, 2.75) is 20.2 Å². The Labute approximate surface area is 193 Å². The molecular formula is C26H23ClN2O3. The second-order valence-electron chi connectivity index (χ2n) is 7.27. The van der Waals surface area contributed by atoms with Gasteiger partial charge in [0.2, 0.25) is 0 Å². The van der Waals surface area contributed by atoms with Gasteiger partial charge in [0, 0.05) is 24.7 Å². The van der Waals surface area contributed by atoms with Gasteiger partial charge < -0.3 is 22.0 Å². The molecule has 4 rings (SSSR count). The van der Waals surface area contributed by atoms with Crippen LogP contribution >= 0.6 is 0 Å². The number of esters is 1. The first kappa shape index (κ1) is 23.0. The molecule has 0 fully saturated rings. The average molecular weight is 447 g/mol. The number of rotatable bonds is 6. The fraction of sp³-hybridized carbons (Fsp3) is 0.115. The number of nitrogens with zero attached hydrogens (tertiary/aromatic N) is 2. The number of amides is 1. The van der Waals surface area contributed by atoms with Crippen LogP contribution in [0.1, 0.15) is 22.8 Å². The van der Waals surface area contributed by atoms with Gasteiger partial charge in [0.05, 0.1) is 12.1 Å². The van der Waals surface area contributed by atoms with Gasteiger partial charge >= 0.3 is 5.97 Å². The van der Waals surface area contributed by atoms with Crippen molar-refractivity contribution in [1.29, 1.82) is 0 Å². The number of pyridine rings is 1. The summed E-state index contributed by atoms with van der Waals surface area (Å²) in [6, 6.07) is 27.6. The highest BCUT2D eigenvalue weighted by Crippen LogP contribution is 2.25. The lowest BCUT2D eigenvalue weighted by Gasteiger charge is -2.23.